The van der Waals surface area contributed by atoms with E-state index in [2.05, 4.69) is 10.2 Å². The Morgan fingerprint density at radius 1 is 1.12 bits per heavy atom. The molecule has 4 heteroatoms. The van der Waals surface area contributed by atoms with Crippen molar-refractivity contribution in [2.24, 2.45) is 0 Å². The minimum absolute atomic E-state index is 0.876. The van der Waals surface area contributed by atoms with Crippen LogP contribution in [0.1, 0.15) is 19.4 Å². The minimum atomic E-state index is 0.876. The molecule has 0 amide bonds. The largest absolute Gasteiger partial charge is 0.496 e. The van der Waals surface area contributed by atoms with Crippen LogP contribution < -0.4 is 4.74 Å². The van der Waals surface area contributed by atoms with Crippen molar-refractivity contribution in [3.05, 3.63) is 36.2 Å². The molecule has 0 saturated carbocycles. The van der Waals surface area contributed by atoms with Crippen LogP contribution in [0, 0.1) is 6.92 Å². The summed E-state index contributed by atoms with van der Waals surface area (Å²) in [6.45, 7) is 5.99. The summed E-state index contributed by atoms with van der Waals surface area (Å²) in [6.07, 6.45) is 3.30. The summed E-state index contributed by atoms with van der Waals surface area (Å²) in [4.78, 5) is 1.58. The zero-order valence-corrected chi connectivity index (χ0v) is 10.1. The first-order chi connectivity index (χ1) is 7.81. The lowest BCUT2D eigenvalue weighted by Gasteiger charge is -2.06. The molecule has 0 spiro atoms. The van der Waals surface area contributed by atoms with Crippen molar-refractivity contribution < 1.29 is 4.74 Å². The fourth-order valence-electron chi connectivity index (χ4n) is 1.34. The van der Waals surface area contributed by atoms with E-state index in [9.17, 15) is 0 Å². The van der Waals surface area contributed by atoms with E-state index in [-0.39, 0.29) is 0 Å². The second-order valence-electron chi connectivity index (χ2n) is 2.97. The highest BCUT2D eigenvalue weighted by atomic mass is 16.5. The number of aromatic nitrogens is 3. The van der Waals surface area contributed by atoms with E-state index >= 15 is 0 Å². The van der Waals surface area contributed by atoms with Crippen molar-refractivity contribution in [3.63, 3.8) is 0 Å². The van der Waals surface area contributed by atoms with Gasteiger partial charge in [0.05, 0.1) is 25.2 Å². The van der Waals surface area contributed by atoms with Crippen LogP contribution in [0.4, 0.5) is 0 Å². The molecule has 1 aromatic carbocycles. The van der Waals surface area contributed by atoms with Gasteiger partial charge in [-0.25, -0.2) is 0 Å². The number of nitrogens with zero attached hydrogens (tertiary/aromatic N) is 3. The van der Waals surface area contributed by atoms with Crippen LogP contribution in [-0.2, 0) is 0 Å². The fraction of sp³-hybridized carbons (Fsp3) is 0.333. The van der Waals surface area contributed by atoms with Crippen LogP contribution in [0.25, 0.3) is 5.69 Å². The van der Waals surface area contributed by atoms with E-state index in [1.54, 1.807) is 24.3 Å². The summed E-state index contributed by atoms with van der Waals surface area (Å²) in [6, 6.07) is 5.82. The van der Waals surface area contributed by atoms with E-state index in [0.717, 1.165) is 17.0 Å². The standard InChI is InChI=1S/C10H11N3O.C2H6/c1-8-7-9(3-4-10(8)14-2)13-11-5-6-12-13;1-2/h3-7H,1-2H3;1-2H3. The fourth-order valence-corrected chi connectivity index (χ4v) is 1.34. The number of aryl methyl sites for hydroxylation is 1. The average Bonchev–Trinajstić information content (AvgIpc) is 2.85. The third-order valence-electron chi connectivity index (χ3n) is 2.03. The Balaban J connectivity index is 0.000000606. The highest BCUT2D eigenvalue weighted by molar-refractivity contribution is 5.42. The molecule has 1 heterocycles. The van der Waals surface area contributed by atoms with Gasteiger partial charge in [-0.2, -0.15) is 15.0 Å². The van der Waals surface area contributed by atoms with Crippen molar-refractivity contribution >= 4 is 0 Å². The van der Waals surface area contributed by atoms with E-state index < -0.39 is 0 Å². The summed E-state index contributed by atoms with van der Waals surface area (Å²) in [5.74, 6) is 0.876. The number of ether oxygens (including phenoxy) is 1. The lowest BCUT2D eigenvalue weighted by Crippen LogP contribution is -1.99. The molecule has 1 aromatic heterocycles. The first kappa shape index (κ1) is 12.2. The predicted octanol–water partition coefficient (Wildman–Crippen LogP) is 2.61. The van der Waals surface area contributed by atoms with Crippen LogP contribution in [0.15, 0.2) is 30.6 Å². The Bertz CT molecular complexity index is 424. The predicted molar refractivity (Wildman–Crippen MR) is 64.0 cm³/mol. The summed E-state index contributed by atoms with van der Waals surface area (Å²) >= 11 is 0. The molecule has 86 valence electrons. The second kappa shape index (κ2) is 5.90. The van der Waals surface area contributed by atoms with Gasteiger partial charge in [0.25, 0.3) is 0 Å². The maximum atomic E-state index is 5.17. The Labute approximate surface area is 95.9 Å². The van der Waals surface area contributed by atoms with E-state index in [1.807, 2.05) is 39.0 Å². The second-order valence-corrected chi connectivity index (χ2v) is 2.97. The smallest absolute Gasteiger partial charge is 0.121 e. The Kier molecular flexibility index (Phi) is 4.51. The lowest BCUT2D eigenvalue weighted by molar-refractivity contribution is 0.411. The van der Waals surface area contributed by atoms with Crippen LogP contribution in [0.5, 0.6) is 5.75 Å². The molecule has 0 aliphatic rings. The quantitative estimate of drug-likeness (QED) is 0.779. The van der Waals surface area contributed by atoms with Gasteiger partial charge in [-0.3, -0.25) is 0 Å². The monoisotopic (exact) mass is 219 g/mol. The molecule has 0 bridgehead atoms. The maximum absolute atomic E-state index is 5.17. The summed E-state index contributed by atoms with van der Waals surface area (Å²) in [7, 11) is 1.66. The zero-order valence-electron chi connectivity index (χ0n) is 10.1. The van der Waals surface area contributed by atoms with Crippen LogP contribution in [0.3, 0.4) is 0 Å². The maximum Gasteiger partial charge on any atom is 0.121 e. The van der Waals surface area contributed by atoms with Crippen LogP contribution in [-0.4, -0.2) is 22.1 Å². The van der Waals surface area contributed by atoms with Gasteiger partial charge in [0.1, 0.15) is 5.75 Å². The van der Waals surface area contributed by atoms with Crippen molar-refractivity contribution in [2.45, 2.75) is 20.8 Å². The molecule has 0 unspecified atom stereocenters. The van der Waals surface area contributed by atoms with E-state index in [1.165, 1.54) is 0 Å². The lowest BCUT2D eigenvalue weighted by atomic mass is 10.2. The van der Waals surface area contributed by atoms with Gasteiger partial charge in [0.15, 0.2) is 0 Å². The van der Waals surface area contributed by atoms with E-state index in [0.29, 0.717) is 0 Å². The molecule has 4 nitrogen and oxygen atoms in total. The van der Waals surface area contributed by atoms with Gasteiger partial charge < -0.3 is 4.74 Å². The van der Waals surface area contributed by atoms with Crippen molar-refractivity contribution in [1.29, 1.82) is 0 Å². The minimum Gasteiger partial charge on any atom is -0.496 e. The topological polar surface area (TPSA) is 39.9 Å². The Morgan fingerprint density at radius 2 is 1.75 bits per heavy atom. The number of hydrogen-bond donors (Lipinski definition) is 0. The van der Waals surface area contributed by atoms with E-state index in [4.69, 9.17) is 4.74 Å². The Hall–Kier alpha value is -1.84. The molecule has 0 radical (unpaired) electrons. The molecule has 0 fully saturated rings. The molecule has 16 heavy (non-hydrogen) atoms. The zero-order chi connectivity index (χ0) is 12.0. The average molecular weight is 219 g/mol. The first-order valence-corrected chi connectivity index (χ1v) is 5.32. The molecule has 0 aliphatic carbocycles. The molecule has 0 saturated heterocycles. The molecular weight excluding hydrogens is 202 g/mol. The van der Waals surface area contributed by atoms with Crippen LogP contribution >= 0.6 is 0 Å². The molecule has 2 rings (SSSR count). The normalized spacial score (nSPS) is 9.25. The van der Waals surface area contributed by atoms with Gasteiger partial charge in [0, 0.05) is 0 Å². The number of hydrogen-bond acceptors (Lipinski definition) is 3. The van der Waals surface area contributed by atoms with Crippen molar-refractivity contribution in [1.82, 2.24) is 15.0 Å². The summed E-state index contributed by atoms with van der Waals surface area (Å²) in [5, 5.41) is 8.10. The highest BCUT2D eigenvalue weighted by Crippen LogP contribution is 2.19. The summed E-state index contributed by atoms with van der Waals surface area (Å²) < 4.78 is 5.17. The van der Waals surface area contributed by atoms with Gasteiger partial charge in [0.2, 0.25) is 0 Å². The number of methoxy groups -OCH3 is 1. The van der Waals surface area contributed by atoms with Crippen LogP contribution in [0.2, 0.25) is 0 Å². The van der Waals surface area contributed by atoms with Gasteiger partial charge >= 0.3 is 0 Å². The molecule has 2 aromatic rings. The molecule has 0 atom stereocenters. The van der Waals surface area contributed by atoms with Gasteiger partial charge in [-0.15, -0.1) is 0 Å². The number of benzene rings is 1. The number of rotatable bonds is 2. The highest BCUT2D eigenvalue weighted by Gasteiger charge is 2.01. The van der Waals surface area contributed by atoms with Gasteiger partial charge in [-0.05, 0) is 30.7 Å². The first-order valence-electron chi connectivity index (χ1n) is 5.32. The summed E-state index contributed by atoms with van der Waals surface area (Å²) in [5.41, 5.74) is 2.01. The third kappa shape index (κ3) is 2.59. The SMILES string of the molecule is CC.COc1ccc(-n2nccn2)cc1C. The Morgan fingerprint density at radius 3 is 2.25 bits per heavy atom. The van der Waals surface area contributed by atoms with Crippen molar-refractivity contribution in [3.8, 4) is 11.4 Å². The molecule has 0 aliphatic heterocycles. The molecular formula is C12H17N3O. The third-order valence-corrected chi connectivity index (χ3v) is 2.03. The van der Waals surface area contributed by atoms with Crippen molar-refractivity contribution in [2.75, 3.05) is 7.11 Å². The molecule has 0 N–H and O–H groups in total. The van der Waals surface area contributed by atoms with Gasteiger partial charge in [-0.1, -0.05) is 13.8 Å².